The summed E-state index contributed by atoms with van der Waals surface area (Å²) in [5.41, 5.74) is 7.86. The summed E-state index contributed by atoms with van der Waals surface area (Å²) < 4.78 is 63.5. The SMILES string of the molecule is Cc1cccc(C=NOC2CCC(C)(N)CC2)n1.O=C(O)C(F)(F)F.O=C(O)C(F)(F)F. The number of oxime groups is 1. The molecule has 0 amide bonds. The van der Waals surface area contributed by atoms with Crippen molar-refractivity contribution in [3.8, 4) is 0 Å². The highest BCUT2D eigenvalue weighted by atomic mass is 19.4. The molecule has 0 atom stereocenters. The second-order valence-electron chi connectivity index (χ2n) is 7.00. The lowest BCUT2D eigenvalue weighted by Crippen LogP contribution is -2.41. The average Bonchev–Trinajstić information content (AvgIpc) is 2.63. The number of halogens is 6. The summed E-state index contributed by atoms with van der Waals surface area (Å²) >= 11 is 0. The van der Waals surface area contributed by atoms with Crippen LogP contribution in [-0.2, 0) is 14.4 Å². The minimum absolute atomic E-state index is 0.0261. The first-order valence-electron chi connectivity index (χ1n) is 8.96. The topological polar surface area (TPSA) is 135 Å². The van der Waals surface area contributed by atoms with Crippen molar-refractivity contribution in [2.45, 2.75) is 63.5 Å². The van der Waals surface area contributed by atoms with Crippen molar-refractivity contribution in [1.82, 2.24) is 4.98 Å². The largest absolute Gasteiger partial charge is 0.490 e. The summed E-state index contributed by atoms with van der Waals surface area (Å²) in [6.07, 6.45) is -4.35. The van der Waals surface area contributed by atoms with Crippen LogP contribution in [-0.4, -0.2) is 57.3 Å². The van der Waals surface area contributed by atoms with E-state index in [0.29, 0.717) is 0 Å². The highest BCUT2D eigenvalue weighted by molar-refractivity contribution is 5.76. The van der Waals surface area contributed by atoms with Gasteiger partial charge in [0.1, 0.15) is 6.10 Å². The molecule has 32 heavy (non-hydrogen) atoms. The number of hydrogen-bond acceptors (Lipinski definition) is 6. The number of aromatic nitrogens is 1. The maximum Gasteiger partial charge on any atom is 0.490 e. The van der Waals surface area contributed by atoms with Crippen molar-refractivity contribution in [1.29, 1.82) is 0 Å². The molecule has 0 spiro atoms. The number of pyridine rings is 1. The summed E-state index contributed by atoms with van der Waals surface area (Å²) in [6.45, 7) is 4.06. The zero-order valence-corrected chi connectivity index (χ0v) is 17.1. The van der Waals surface area contributed by atoms with Crippen molar-refractivity contribution in [3.05, 3.63) is 29.6 Å². The smallest absolute Gasteiger partial charge is 0.475 e. The number of aliphatic carboxylic acids is 2. The average molecular weight is 475 g/mol. The van der Waals surface area contributed by atoms with Gasteiger partial charge in [0.25, 0.3) is 0 Å². The minimum Gasteiger partial charge on any atom is -0.475 e. The van der Waals surface area contributed by atoms with Crippen molar-refractivity contribution in [2.24, 2.45) is 10.9 Å². The molecule has 182 valence electrons. The van der Waals surface area contributed by atoms with Crippen LogP contribution in [0.1, 0.15) is 44.0 Å². The second-order valence-corrected chi connectivity index (χ2v) is 7.00. The molecule has 1 aliphatic rings. The molecule has 0 bridgehead atoms. The van der Waals surface area contributed by atoms with Crippen LogP contribution in [0.5, 0.6) is 0 Å². The minimum atomic E-state index is -5.08. The van der Waals surface area contributed by atoms with Gasteiger partial charge in [0, 0.05) is 11.2 Å². The summed E-state index contributed by atoms with van der Waals surface area (Å²) in [6, 6.07) is 5.84. The normalized spacial score (nSPS) is 21.0. The molecular weight excluding hydrogens is 452 g/mol. The molecule has 0 saturated heterocycles. The first kappa shape index (κ1) is 29.1. The Balaban J connectivity index is 0.000000570. The van der Waals surface area contributed by atoms with E-state index in [0.717, 1.165) is 37.1 Å². The number of carboxylic acids is 2. The van der Waals surface area contributed by atoms with Gasteiger partial charge in [-0.25, -0.2) is 9.59 Å². The third kappa shape index (κ3) is 13.4. The monoisotopic (exact) mass is 475 g/mol. The molecule has 8 nitrogen and oxygen atoms in total. The van der Waals surface area contributed by atoms with E-state index >= 15 is 0 Å². The molecular formula is C18H23F6N3O5. The van der Waals surface area contributed by atoms with Crippen LogP contribution in [0.4, 0.5) is 26.3 Å². The van der Waals surface area contributed by atoms with Crippen LogP contribution in [0, 0.1) is 6.92 Å². The van der Waals surface area contributed by atoms with Gasteiger partial charge in [-0.05, 0) is 51.7 Å². The molecule has 0 aromatic carbocycles. The van der Waals surface area contributed by atoms with E-state index in [9.17, 15) is 26.3 Å². The lowest BCUT2D eigenvalue weighted by Gasteiger charge is -2.32. The molecule has 4 N–H and O–H groups in total. The molecule has 2 rings (SSSR count). The molecule has 1 fully saturated rings. The van der Waals surface area contributed by atoms with Crippen molar-refractivity contribution >= 4 is 18.2 Å². The number of hydrogen-bond donors (Lipinski definition) is 3. The van der Waals surface area contributed by atoms with Gasteiger partial charge >= 0.3 is 24.3 Å². The zero-order chi connectivity index (χ0) is 25.2. The fraction of sp³-hybridized carbons (Fsp3) is 0.556. The van der Waals surface area contributed by atoms with E-state index in [2.05, 4.69) is 17.1 Å². The third-order valence-corrected chi connectivity index (χ3v) is 3.86. The lowest BCUT2D eigenvalue weighted by molar-refractivity contribution is -0.193. The fourth-order valence-corrected chi connectivity index (χ4v) is 2.16. The van der Waals surface area contributed by atoms with Crippen molar-refractivity contribution in [2.75, 3.05) is 0 Å². The van der Waals surface area contributed by atoms with E-state index < -0.39 is 24.3 Å². The van der Waals surface area contributed by atoms with E-state index in [1.54, 1.807) is 6.21 Å². The Kier molecular flexibility index (Phi) is 11.1. The van der Waals surface area contributed by atoms with Gasteiger partial charge in [-0.3, -0.25) is 4.98 Å². The van der Waals surface area contributed by atoms with Crippen LogP contribution in [0.15, 0.2) is 23.4 Å². The Morgan fingerprint density at radius 1 is 1.12 bits per heavy atom. The number of aryl methyl sites for hydroxylation is 1. The van der Waals surface area contributed by atoms with Crippen molar-refractivity contribution in [3.63, 3.8) is 0 Å². The molecule has 0 aliphatic heterocycles. The van der Waals surface area contributed by atoms with Crippen LogP contribution in [0.2, 0.25) is 0 Å². The quantitative estimate of drug-likeness (QED) is 0.345. The van der Waals surface area contributed by atoms with Gasteiger partial charge in [-0.1, -0.05) is 11.2 Å². The van der Waals surface area contributed by atoms with Gasteiger partial charge in [0.15, 0.2) is 0 Å². The Bertz CT molecular complexity index is 747. The molecule has 1 aromatic rings. The maximum absolute atomic E-state index is 10.6. The van der Waals surface area contributed by atoms with Crippen molar-refractivity contribution < 1.29 is 51.0 Å². The predicted octanol–water partition coefficient (Wildman–Crippen LogP) is 3.67. The zero-order valence-electron chi connectivity index (χ0n) is 17.1. The van der Waals surface area contributed by atoms with Gasteiger partial charge in [0.05, 0.1) is 11.9 Å². The molecule has 1 saturated carbocycles. The van der Waals surface area contributed by atoms with E-state index in [1.807, 2.05) is 25.1 Å². The Labute approximate surface area is 179 Å². The highest BCUT2D eigenvalue weighted by Gasteiger charge is 2.38. The molecule has 1 aliphatic carbocycles. The number of alkyl halides is 6. The number of rotatable bonds is 3. The lowest BCUT2D eigenvalue weighted by atomic mass is 9.83. The number of carbonyl (C=O) groups is 2. The van der Waals surface area contributed by atoms with Crippen LogP contribution in [0.3, 0.4) is 0 Å². The van der Waals surface area contributed by atoms with E-state index in [4.69, 9.17) is 30.4 Å². The third-order valence-electron chi connectivity index (χ3n) is 3.86. The van der Waals surface area contributed by atoms with E-state index in [-0.39, 0.29) is 11.6 Å². The highest BCUT2D eigenvalue weighted by Crippen LogP contribution is 2.27. The predicted molar refractivity (Wildman–Crippen MR) is 99.9 cm³/mol. The Hall–Kier alpha value is -2.90. The summed E-state index contributed by atoms with van der Waals surface area (Å²) in [5.74, 6) is -5.51. The molecule has 1 aromatic heterocycles. The summed E-state index contributed by atoms with van der Waals surface area (Å²) in [4.78, 5) is 27.6. The molecule has 0 unspecified atom stereocenters. The van der Waals surface area contributed by atoms with Gasteiger partial charge < -0.3 is 20.8 Å². The van der Waals surface area contributed by atoms with Gasteiger partial charge in [0.2, 0.25) is 0 Å². The standard InChI is InChI=1S/C14H21N3O.2C2HF3O2/c1-11-4-3-5-12(17-11)10-16-18-13-6-8-14(2,15)9-7-13;2*3-2(4,5)1(6)7/h3-5,10,13H,6-9,15H2,1-2H3;2*(H,6,7). The number of carboxylic acid groups (broad SMARTS) is 2. The van der Waals surface area contributed by atoms with Gasteiger partial charge in [-0.2, -0.15) is 26.3 Å². The van der Waals surface area contributed by atoms with Crippen LogP contribution >= 0.6 is 0 Å². The fourth-order valence-electron chi connectivity index (χ4n) is 2.16. The summed E-state index contributed by atoms with van der Waals surface area (Å²) in [7, 11) is 0. The van der Waals surface area contributed by atoms with Gasteiger partial charge in [-0.15, -0.1) is 0 Å². The van der Waals surface area contributed by atoms with E-state index in [1.165, 1.54) is 0 Å². The number of nitrogens with two attached hydrogens (primary N) is 1. The van der Waals surface area contributed by atoms with Crippen LogP contribution < -0.4 is 5.73 Å². The van der Waals surface area contributed by atoms with Crippen LogP contribution in [0.25, 0.3) is 0 Å². The number of nitrogens with zero attached hydrogens (tertiary/aromatic N) is 2. The molecule has 14 heteroatoms. The second kappa shape index (κ2) is 12.2. The Morgan fingerprint density at radius 2 is 1.56 bits per heavy atom. The summed E-state index contributed by atoms with van der Waals surface area (Å²) in [5, 5.41) is 18.3. The first-order chi connectivity index (χ1) is 14.4. The molecule has 1 heterocycles. The Morgan fingerprint density at radius 3 is 1.94 bits per heavy atom. The first-order valence-corrected chi connectivity index (χ1v) is 8.96. The maximum atomic E-state index is 10.6. The molecule has 0 radical (unpaired) electrons.